The Morgan fingerprint density at radius 1 is 1.11 bits per heavy atom. The van der Waals surface area contributed by atoms with Gasteiger partial charge in [0.05, 0.1) is 11.9 Å². The lowest BCUT2D eigenvalue weighted by Gasteiger charge is -2.13. The molecular weight excluding hydrogens is 368 g/mol. The molecular formula is C21H18N6S. The molecule has 0 unspecified atom stereocenters. The van der Waals surface area contributed by atoms with Gasteiger partial charge in [0.15, 0.2) is 11.6 Å². The Bertz CT molecular complexity index is 1200. The van der Waals surface area contributed by atoms with Crippen molar-refractivity contribution >= 4 is 46.2 Å². The third-order valence-corrected chi connectivity index (χ3v) is 5.47. The van der Waals surface area contributed by atoms with Crippen LogP contribution in [0.25, 0.3) is 22.4 Å². The molecule has 5 rings (SSSR count). The number of nitrogens with zero attached hydrogens (tertiary/aromatic N) is 4. The molecule has 6 nitrogen and oxygen atoms in total. The fourth-order valence-electron chi connectivity index (χ4n) is 3.31. The highest BCUT2D eigenvalue weighted by Gasteiger charge is 2.13. The Hall–Kier alpha value is -3.19. The number of benzene rings is 2. The molecule has 0 bridgehead atoms. The lowest BCUT2D eigenvalue weighted by Crippen LogP contribution is -2.00. The van der Waals surface area contributed by atoms with Gasteiger partial charge in [-0.25, -0.2) is 9.97 Å². The Kier molecular flexibility index (Phi) is 4.29. The molecule has 0 amide bonds. The van der Waals surface area contributed by atoms with Crippen molar-refractivity contribution < 1.29 is 0 Å². The molecule has 0 radical (unpaired) electrons. The van der Waals surface area contributed by atoms with E-state index in [-0.39, 0.29) is 0 Å². The second-order valence-electron chi connectivity index (χ2n) is 6.58. The summed E-state index contributed by atoms with van der Waals surface area (Å²) in [6.07, 6.45) is 7.79. The Morgan fingerprint density at radius 3 is 3.00 bits per heavy atom. The molecule has 0 fully saturated rings. The van der Waals surface area contributed by atoms with Crippen LogP contribution in [0.3, 0.4) is 0 Å². The van der Waals surface area contributed by atoms with Gasteiger partial charge in [-0.15, -0.1) is 11.8 Å². The first-order valence-electron chi connectivity index (χ1n) is 9.08. The fraction of sp³-hybridized carbons (Fsp3) is 0.143. The minimum Gasteiger partial charge on any atom is -0.338 e. The van der Waals surface area contributed by atoms with E-state index in [1.807, 2.05) is 18.3 Å². The zero-order chi connectivity index (χ0) is 18.9. The molecule has 0 saturated heterocycles. The lowest BCUT2D eigenvalue weighted by atomic mass is 10.1. The third kappa shape index (κ3) is 3.14. The fourth-order valence-corrected chi connectivity index (χ4v) is 3.77. The van der Waals surface area contributed by atoms with E-state index in [2.05, 4.69) is 62.1 Å². The largest absolute Gasteiger partial charge is 0.338 e. The van der Waals surface area contributed by atoms with Crippen LogP contribution in [0.4, 0.5) is 17.2 Å². The van der Waals surface area contributed by atoms with Gasteiger partial charge in [0.2, 0.25) is 0 Å². The van der Waals surface area contributed by atoms with Crippen LogP contribution in [-0.2, 0) is 6.42 Å². The zero-order valence-corrected chi connectivity index (χ0v) is 16.1. The zero-order valence-electron chi connectivity index (χ0n) is 15.3. The van der Waals surface area contributed by atoms with Gasteiger partial charge in [-0.05, 0) is 48.9 Å². The molecule has 2 aromatic carbocycles. The first kappa shape index (κ1) is 16.9. The normalized spacial score (nSPS) is 12.9. The van der Waals surface area contributed by atoms with Crippen LogP contribution in [0.15, 0.2) is 58.5 Å². The quantitative estimate of drug-likeness (QED) is 0.475. The summed E-state index contributed by atoms with van der Waals surface area (Å²) >= 11 is 1.70. The highest BCUT2D eigenvalue weighted by Crippen LogP contribution is 2.31. The molecule has 2 N–H and O–H groups in total. The number of hydrogen-bond donors (Lipinski definition) is 2. The summed E-state index contributed by atoms with van der Waals surface area (Å²) in [6, 6.07) is 14.5. The molecule has 7 heteroatoms. The van der Waals surface area contributed by atoms with Crippen molar-refractivity contribution in [1.82, 2.24) is 20.2 Å². The van der Waals surface area contributed by atoms with Gasteiger partial charge in [0, 0.05) is 22.4 Å². The van der Waals surface area contributed by atoms with Crippen molar-refractivity contribution in [3.63, 3.8) is 0 Å². The van der Waals surface area contributed by atoms with E-state index in [0.717, 1.165) is 40.8 Å². The molecule has 3 heterocycles. The molecule has 0 saturated carbocycles. The van der Waals surface area contributed by atoms with Gasteiger partial charge in [-0.1, -0.05) is 18.2 Å². The number of aliphatic imine (C=N–C) groups is 1. The van der Waals surface area contributed by atoms with Crippen LogP contribution in [0.1, 0.15) is 12.0 Å². The number of aromatic amines is 1. The van der Waals surface area contributed by atoms with E-state index in [1.54, 1.807) is 18.0 Å². The van der Waals surface area contributed by atoms with E-state index in [9.17, 15) is 0 Å². The summed E-state index contributed by atoms with van der Waals surface area (Å²) in [7, 11) is 0. The molecule has 0 atom stereocenters. The maximum Gasteiger partial charge on any atom is 0.162 e. The minimum atomic E-state index is 0.670. The predicted octanol–water partition coefficient (Wildman–Crippen LogP) is 5.13. The van der Waals surface area contributed by atoms with E-state index >= 15 is 0 Å². The van der Waals surface area contributed by atoms with Gasteiger partial charge in [0.1, 0.15) is 11.0 Å². The van der Waals surface area contributed by atoms with Crippen molar-refractivity contribution in [3.8, 4) is 11.4 Å². The maximum atomic E-state index is 4.78. The van der Waals surface area contributed by atoms with Crippen molar-refractivity contribution in [3.05, 3.63) is 54.2 Å². The average Bonchev–Trinajstić information content (AvgIpc) is 3.23. The van der Waals surface area contributed by atoms with E-state index < -0.39 is 0 Å². The summed E-state index contributed by atoms with van der Waals surface area (Å²) in [6.45, 7) is 0. The van der Waals surface area contributed by atoms with Gasteiger partial charge in [0.25, 0.3) is 0 Å². The summed E-state index contributed by atoms with van der Waals surface area (Å²) in [5.41, 5.74) is 5.77. The predicted molar refractivity (Wildman–Crippen MR) is 115 cm³/mol. The Balaban J connectivity index is 1.57. The molecule has 1 aliphatic rings. The number of nitrogens with one attached hydrogen (secondary N) is 2. The molecule has 1 aliphatic heterocycles. The number of aryl methyl sites for hydroxylation is 1. The molecule has 0 spiro atoms. The summed E-state index contributed by atoms with van der Waals surface area (Å²) < 4.78 is 0. The topological polar surface area (TPSA) is 78.9 Å². The Labute approximate surface area is 166 Å². The van der Waals surface area contributed by atoms with Crippen molar-refractivity contribution in [2.75, 3.05) is 11.6 Å². The smallest absolute Gasteiger partial charge is 0.162 e. The summed E-state index contributed by atoms with van der Waals surface area (Å²) in [5.74, 6) is 1.37. The van der Waals surface area contributed by atoms with Crippen LogP contribution < -0.4 is 5.32 Å². The van der Waals surface area contributed by atoms with Crippen LogP contribution in [0, 0.1) is 0 Å². The number of hydrogen-bond acceptors (Lipinski definition) is 6. The van der Waals surface area contributed by atoms with Crippen LogP contribution in [0.2, 0.25) is 0 Å². The number of H-pyrrole nitrogens is 1. The van der Waals surface area contributed by atoms with Crippen LogP contribution >= 0.6 is 11.8 Å². The van der Waals surface area contributed by atoms with Crippen molar-refractivity contribution in [2.24, 2.45) is 4.99 Å². The maximum absolute atomic E-state index is 4.78. The van der Waals surface area contributed by atoms with Crippen LogP contribution in [0.5, 0.6) is 0 Å². The highest BCUT2D eigenvalue weighted by atomic mass is 32.2. The monoisotopic (exact) mass is 386 g/mol. The number of fused-ring (bicyclic) bond motifs is 2. The molecule has 4 aromatic rings. The number of thioether (sulfide) groups is 1. The molecule has 138 valence electrons. The van der Waals surface area contributed by atoms with Gasteiger partial charge in [-0.2, -0.15) is 5.10 Å². The van der Waals surface area contributed by atoms with E-state index in [0.29, 0.717) is 11.6 Å². The SMILES string of the molecule is CSc1cccc(-c2nc(Nc3ccc4c(c3)N=CCC4)c3[nH]ncc3n2)c1. The Morgan fingerprint density at radius 2 is 2.07 bits per heavy atom. The second-order valence-corrected chi connectivity index (χ2v) is 7.46. The van der Waals surface area contributed by atoms with Crippen molar-refractivity contribution in [2.45, 2.75) is 17.7 Å². The number of rotatable bonds is 4. The number of anilines is 2. The van der Waals surface area contributed by atoms with E-state index in [1.165, 1.54) is 10.5 Å². The van der Waals surface area contributed by atoms with Crippen LogP contribution in [-0.4, -0.2) is 32.6 Å². The molecule has 0 aliphatic carbocycles. The lowest BCUT2D eigenvalue weighted by molar-refractivity contribution is 1.03. The molecule has 28 heavy (non-hydrogen) atoms. The highest BCUT2D eigenvalue weighted by molar-refractivity contribution is 7.98. The minimum absolute atomic E-state index is 0.670. The third-order valence-electron chi connectivity index (χ3n) is 4.75. The summed E-state index contributed by atoms with van der Waals surface area (Å²) in [5, 5.41) is 10.6. The first-order valence-corrected chi connectivity index (χ1v) is 10.3. The van der Waals surface area contributed by atoms with Crippen molar-refractivity contribution in [1.29, 1.82) is 0 Å². The van der Waals surface area contributed by atoms with Gasteiger partial charge < -0.3 is 5.32 Å². The van der Waals surface area contributed by atoms with E-state index in [4.69, 9.17) is 4.98 Å². The average molecular weight is 386 g/mol. The standard InChI is InChI=1S/C21H18N6S/c1-28-16-6-2-4-14(10-16)20-25-18-12-23-27-19(18)21(26-20)24-15-8-7-13-5-3-9-22-17(13)11-15/h2,4,6-12H,3,5H2,1H3,(H,23,27)(H,24,25,26). The van der Waals surface area contributed by atoms with Gasteiger partial charge in [-0.3, -0.25) is 10.1 Å². The second kappa shape index (κ2) is 7.09. The first-order chi connectivity index (χ1) is 13.8. The summed E-state index contributed by atoms with van der Waals surface area (Å²) in [4.78, 5) is 15.1. The number of aromatic nitrogens is 4. The van der Waals surface area contributed by atoms with Gasteiger partial charge >= 0.3 is 0 Å². The molecule has 2 aromatic heterocycles.